The van der Waals surface area contributed by atoms with Crippen LogP contribution >= 0.6 is 24.0 Å². The van der Waals surface area contributed by atoms with E-state index in [9.17, 15) is 4.79 Å². The van der Waals surface area contributed by atoms with Crippen molar-refractivity contribution in [2.45, 2.75) is 37.1 Å². The molecule has 0 bridgehead atoms. The Bertz CT molecular complexity index is 741. The maximum atomic E-state index is 12.5. The standard InChI is InChI=1S/C22H27ClN2O.ClH/c1-25(2)22(16-24-21(26)19-9-6-10-20(23)15-19)13-11-18(12-14-22)17-7-4-3-5-8-17;/h3-10,15,18H,11-14,16H2,1-2H3,(H,24,26);1H. The van der Waals surface area contributed by atoms with Crippen LogP contribution in [0.1, 0.15) is 47.5 Å². The van der Waals surface area contributed by atoms with E-state index in [1.807, 2.05) is 6.07 Å². The molecule has 5 heteroatoms. The lowest BCUT2D eigenvalue weighted by Crippen LogP contribution is -2.54. The predicted octanol–water partition coefficient (Wildman–Crippen LogP) is 5.15. The van der Waals surface area contributed by atoms with Gasteiger partial charge >= 0.3 is 0 Å². The fourth-order valence-corrected chi connectivity index (χ4v) is 4.16. The summed E-state index contributed by atoms with van der Waals surface area (Å²) in [5.74, 6) is 0.562. The lowest BCUT2D eigenvalue weighted by molar-refractivity contribution is 0.0769. The number of carbonyl (C=O) groups is 1. The smallest absolute Gasteiger partial charge is 0.251 e. The number of amides is 1. The minimum Gasteiger partial charge on any atom is -0.350 e. The summed E-state index contributed by atoms with van der Waals surface area (Å²) in [6, 6.07) is 17.9. The molecule has 2 aromatic carbocycles. The first-order valence-electron chi connectivity index (χ1n) is 9.26. The summed E-state index contributed by atoms with van der Waals surface area (Å²) in [6.45, 7) is 0.660. The first kappa shape index (κ1) is 21.7. The van der Waals surface area contributed by atoms with Crippen LogP contribution < -0.4 is 5.32 Å². The minimum atomic E-state index is -0.0566. The fourth-order valence-electron chi connectivity index (χ4n) is 3.97. The average Bonchev–Trinajstić information content (AvgIpc) is 2.67. The predicted molar refractivity (Wildman–Crippen MR) is 115 cm³/mol. The fraction of sp³-hybridized carbons (Fsp3) is 0.409. The molecule has 0 atom stereocenters. The van der Waals surface area contributed by atoms with Gasteiger partial charge < -0.3 is 10.2 Å². The zero-order valence-electron chi connectivity index (χ0n) is 16.0. The molecule has 3 nitrogen and oxygen atoms in total. The van der Waals surface area contributed by atoms with E-state index in [2.05, 4.69) is 54.6 Å². The highest BCUT2D eigenvalue weighted by Gasteiger charge is 2.37. The van der Waals surface area contributed by atoms with Gasteiger partial charge in [-0.2, -0.15) is 0 Å². The Hall–Kier alpha value is -1.55. The molecule has 3 rings (SSSR count). The third-order valence-electron chi connectivity index (χ3n) is 5.80. The van der Waals surface area contributed by atoms with Gasteiger partial charge in [-0.1, -0.05) is 48.0 Å². The van der Waals surface area contributed by atoms with Gasteiger partial charge in [-0.05, 0) is 69.5 Å². The number of likely N-dealkylation sites (N-methyl/N-ethyl adjacent to an activating group) is 1. The van der Waals surface area contributed by atoms with Crippen molar-refractivity contribution in [1.29, 1.82) is 0 Å². The molecule has 1 aliphatic rings. The molecular formula is C22H28Cl2N2O. The molecule has 146 valence electrons. The van der Waals surface area contributed by atoms with Crippen LogP contribution in [0, 0.1) is 0 Å². The third kappa shape index (κ3) is 5.25. The second kappa shape index (κ2) is 9.59. The molecule has 1 aliphatic carbocycles. The number of halogens is 2. The molecule has 0 saturated heterocycles. The summed E-state index contributed by atoms with van der Waals surface area (Å²) in [7, 11) is 4.24. The van der Waals surface area contributed by atoms with Gasteiger partial charge in [0.25, 0.3) is 5.91 Å². The van der Waals surface area contributed by atoms with Crippen LogP contribution in [0.25, 0.3) is 0 Å². The number of carbonyl (C=O) groups excluding carboxylic acids is 1. The van der Waals surface area contributed by atoms with E-state index in [4.69, 9.17) is 11.6 Å². The van der Waals surface area contributed by atoms with Crippen molar-refractivity contribution < 1.29 is 4.79 Å². The van der Waals surface area contributed by atoms with Crippen LogP contribution in [0.4, 0.5) is 0 Å². The summed E-state index contributed by atoms with van der Waals surface area (Å²) in [4.78, 5) is 14.8. The topological polar surface area (TPSA) is 32.3 Å². The minimum absolute atomic E-state index is 0. The number of hydrogen-bond acceptors (Lipinski definition) is 2. The van der Waals surface area contributed by atoms with Crippen molar-refractivity contribution in [3.8, 4) is 0 Å². The van der Waals surface area contributed by atoms with E-state index in [1.54, 1.807) is 18.2 Å². The number of nitrogens with one attached hydrogen (secondary N) is 1. The van der Waals surface area contributed by atoms with Gasteiger partial charge in [0.2, 0.25) is 0 Å². The number of rotatable bonds is 5. The molecule has 2 aromatic rings. The van der Waals surface area contributed by atoms with Crippen LogP contribution in [0.15, 0.2) is 54.6 Å². The maximum absolute atomic E-state index is 12.5. The SMILES string of the molecule is CN(C)C1(CNC(=O)c2cccc(Cl)c2)CCC(c2ccccc2)CC1.Cl. The van der Waals surface area contributed by atoms with Crippen LogP contribution in [-0.4, -0.2) is 37.0 Å². The van der Waals surface area contributed by atoms with Crippen molar-refractivity contribution in [3.05, 3.63) is 70.7 Å². The highest BCUT2D eigenvalue weighted by atomic mass is 35.5. The zero-order valence-corrected chi connectivity index (χ0v) is 17.5. The molecule has 0 radical (unpaired) electrons. The largest absolute Gasteiger partial charge is 0.350 e. The van der Waals surface area contributed by atoms with Crippen LogP contribution in [0.2, 0.25) is 5.02 Å². The monoisotopic (exact) mass is 406 g/mol. The zero-order chi connectivity index (χ0) is 18.6. The molecule has 0 spiro atoms. The first-order chi connectivity index (χ1) is 12.5. The second-order valence-electron chi connectivity index (χ2n) is 7.50. The van der Waals surface area contributed by atoms with Crippen molar-refractivity contribution in [3.63, 3.8) is 0 Å². The summed E-state index contributed by atoms with van der Waals surface area (Å²) >= 11 is 6.00. The van der Waals surface area contributed by atoms with E-state index in [0.29, 0.717) is 23.0 Å². The molecule has 1 amide bonds. The molecule has 0 aromatic heterocycles. The summed E-state index contributed by atoms with van der Waals surface area (Å²) in [5.41, 5.74) is 2.06. The van der Waals surface area contributed by atoms with E-state index in [0.717, 1.165) is 25.7 Å². The number of nitrogens with zero attached hydrogens (tertiary/aromatic N) is 1. The first-order valence-corrected chi connectivity index (χ1v) is 9.64. The Morgan fingerprint density at radius 2 is 1.78 bits per heavy atom. The van der Waals surface area contributed by atoms with E-state index in [-0.39, 0.29) is 23.9 Å². The van der Waals surface area contributed by atoms with Gasteiger partial charge in [0.1, 0.15) is 0 Å². The second-order valence-corrected chi connectivity index (χ2v) is 7.93. The average molecular weight is 407 g/mol. The molecule has 0 unspecified atom stereocenters. The normalized spacial score (nSPS) is 22.1. The van der Waals surface area contributed by atoms with Gasteiger partial charge in [0, 0.05) is 22.7 Å². The van der Waals surface area contributed by atoms with E-state index >= 15 is 0 Å². The highest BCUT2D eigenvalue weighted by molar-refractivity contribution is 6.30. The Labute approximate surface area is 173 Å². The lowest BCUT2D eigenvalue weighted by atomic mass is 9.73. The van der Waals surface area contributed by atoms with E-state index in [1.165, 1.54) is 5.56 Å². The van der Waals surface area contributed by atoms with Gasteiger partial charge in [-0.15, -0.1) is 12.4 Å². The van der Waals surface area contributed by atoms with Gasteiger partial charge in [0.15, 0.2) is 0 Å². The van der Waals surface area contributed by atoms with Gasteiger partial charge in [-0.25, -0.2) is 0 Å². The molecule has 1 fully saturated rings. The Balaban J connectivity index is 0.00000261. The quantitative estimate of drug-likeness (QED) is 0.744. The van der Waals surface area contributed by atoms with E-state index < -0.39 is 0 Å². The molecule has 0 aliphatic heterocycles. The molecule has 1 N–H and O–H groups in total. The molecule has 0 heterocycles. The Morgan fingerprint density at radius 1 is 1.11 bits per heavy atom. The number of benzene rings is 2. The third-order valence-corrected chi connectivity index (χ3v) is 6.04. The van der Waals surface area contributed by atoms with Crippen LogP contribution in [0.5, 0.6) is 0 Å². The van der Waals surface area contributed by atoms with Crippen molar-refractivity contribution in [2.75, 3.05) is 20.6 Å². The van der Waals surface area contributed by atoms with Crippen LogP contribution in [0.3, 0.4) is 0 Å². The van der Waals surface area contributed by atoms with Gasteiger partial charge in [-0.3, -0.25) is 4.79 Å². The number of hydrogen-bond donors (Lipinski definition) is 1. The van der Waals surface area contributed by atoms with Crippen LogP contribution in [-0.2, 0) is 0 Å². The molecule has 27 heavy (non-hydrogen) atoms. The highest BCUT2D eigenvalue weighted by Crippen LogP contribution is 2.40. The van der Waals surface area contributed by atoms with Crippen molar-refractivity contribution in [1.82, 2.24) is 10.2 Å². The summed E-state index contributed by atoms with van der Waals surface area (Å²) < 4.78 is 0. The summed E-state index contributed by atoms with van der Waals surface area (Å²) in [6.07, 6.45) is 4.45. The Kier molecular flexibility index (Phi) is 7.72. The van der Waals surface area contributed by atoms with Crippen molar-refractivity contribution >= 4 is 29.9 Å². The molecule has 1 saturated carbocycles. The maximum Gasteiger partial charge on any atom is 0.251 e. The van der Waals surface area contributed by atoms with Crippen molar-refractivity contribution in [2.24, 2.45) is 0 Å². The Morgan fingerprint density at radius 3 is 2.37 bits per heavy atom. The molecular weight excluding hydrogens is 379 g/mol. The summed E-state index contributed by atoms with van der Waals surface area (Å²) in [5, 5.41) is 3.72. The van der Waals surface area contributed by atoms with Gasteiger partial charge in [0.05, 0.1) is 0 Å². The lowest BCUT2D eigenvalue weighted by Gasteiger charge is -2.45.